The van der Waals surface area contributed by atoms with E-state index in [0.29, 0.717) is 12.4 Å². The number of nitrogens with zero attached hydrogens (tertiary/aromatic N) is 3. The van der Waals surface area contributed by atoms with Crippen LogP contribution in [0, 0.1) is 0 Å². The number of ether oxygens (including phenoxy) is 1. The second-order valence-electron chi connectivity index (χ2n) is 6.92. The molecule has 0 radical (unpaired) electrons. The number of nitrogens with one attached hydrogen (secondary N) is 2. The smallest absolute Gasteiger partial charge is 0.163 e. The molecule has 0 aliphatic carbocycles. The third-order valence-corrected chi connectivity index (χ3v) is 4.81. The fourth-order valence-electron chi connectivity index (χ4n) is 3.38. The van der Waals surface area contributed by atoms with Gasteiger partial charge < -0.3 is 15.4 Å². The van der Waals surface area contributed by atoms with Gasteiger partial charge in [-0.25, -0.2) is 9.97 Å². The first-order valence-corrected chi connectivity index (χ1v) is 9.75. The van der Waals surface area contributed by atoms with Crippen LogP contribution in [0.3, 0.4) is 0 Å². The molecule has 6 heteroatoms. The molecule has 3 aromatic rings. The quantitative estimate of drug-likeness (QED) is 0.648. The molecule has 2 N–H and O–H groups in total. The molecule has 0 bridgehead atoms. The summed E-state index contributed by atoms with van der Waals surface area (Å²) >= 11 is 0. The minimum absolute atomic E-state index is 0.0504. The topological polar surface area (TPSA) is 72.0 Å². The zero-order valence-electron chi connectivity index (χ0n) is 16.3. The Bertz CT molecular complexity index is 945. The molecule has 0 saturated carbocycles. The van der Waals surface area contributed by atoms with Crippen molar-refractivity contribution >= 4 is 5.82 Å². The van der Waals surface area contributed by atoms with E-state index in [1.165, 1.54) is 0 Å². The SMILES string of the molecule is CCCOc1ccccc1[C@@H](C)Nc1nc(-c2cccnc2)nc2c1CNC2. The van der Waals surface area contributed by atoms with Gasteiger partial charge in [0.1, 0.15) is 11.6 Å². The molecule has 144 valence electrons. The Hall–Kier alpha value is -2.99. The van der Waals surface area contributed by atoms with Crippen LogP contribution in [-0.2, 0) is 13.1 Å². The maximum atomic E-state index is 5.94. The lowest BCUT2D eigenvalue weighted by Crippen LogP contribution is -2.13. The minimum atomic E-state index is 0.0504. The fraction of sp³-hybridized carbons (Fsp3) is 0.318. The van der Waals surface area contributed by atoms with Crippen LogP contribution in [0.15, 0.2) is 48.8 Å². The highest BCUT2D eigenvalue weighted by Gasteiger charge is 2.22. The number of pyridine rings is 1. The standard InChI is InChI=1S/C22H25N5O/c1-3-11-28-20-9-5-4-8-17(20)15(2)25-22-18-13-24-14-19(18)26-21(27-22)16-7-6-10-23-12-16/h4-10,12,15,24H,3,11,13-14H2,1-2H3,(H,25,26,27)/t15-/m1/s1. The Morgan fingerprint density at radius 2 is 2.04 bits per heavy atom. The fourth-order valence-corrected chi connectivity index (χ4v) is 3.38. The number of aromatic nitrogens is 3. The van der Waals surface area contributed by atoms with Crippen molar-refractivity contribution in [1.82, 2.24) is 20.3 Å². The highest BCUT2D eigenvalue weighted by molar-refractivity contribution is 5.60. The Labute approximate surface area is 165 Å². The summed E-state index contributed by atoms with van der Waals surface area (Å²) in [7, 11) is 0. The minimum Gasteiger partial charge on any atom is -0.493 e. The molecule has 0 saturated heterocycles. The lowest BCUT2D eigenvalue weighted by atomic mass is 10.1. The Morgan fingerprint density at radius 1 is 1.14 bits per heavy atom. The zero-order valence-corrected chi connectivity index (χ0v) is 16.3. The number of rotatable bonds is 7. The van der Waals surface area contributed by atoms with Gasteiger partial charge in [0.15, 0.2) is 5.82 Å². The van der Waals surface area contributed by atoms with Crippen LogP contribution in [0.2, 0.25) is 0 Å². The molecule has 3 heterocycles. The summed E-state index contributed by atoms with van der Waals surface area (Å²) in [6.07, 6.45) is 4.54. The van der Waals surface area contributed by atoms with E-state index in [2.05, 4.69) is 35.5 Å². The summed E-state index contributed by atoms with van der Waals surface area (Å²) < 4.78 is 5.94. The molecule has 2 aromatic heterocycles. The molecule has 1 aliphatic heterocycles. The molecular weight excluding hydrogens is 350 g/mol. The molecule has 1 atom stereocenters. The van der Waals surface area contributed by atoms with E-state index in [-0.39, 0.29) is 6.04 Å². The molecule has 0 spiro atoms. The maximum absolute atomic E-state index is 5.94. The number of anilines is 1. The highest BCUT2D eigenvalue weighted by atomic mass is 16.5. The van der Waals surface area contributed by atoms with Crippen molar-refractivity contribution in [2.75, 3.05) is 11.9 Å². The molecule has 6 nitrogen and oxygen atoms in total. The number of hydrogen-bond donors (Lipinski definition) is 2. The van der Waals surface area contributed by atoms with Crippen LogP contribution in [0.5, 0.6) is 5.75 Å². The summed E-state index contributed by atoms with van der Waals surface area (Å²) in [4.78, 5) is 13.8. The maximum Gasteiger partial charge on any atom is 0.163 e. The van der Waals surface area contributed by atoms with Gasteiger partial charge in [0, 0.05) is 42.2 Å². The Balaban J connectivity index is 1.66. The van der Waals surface area contributed by atoms with Crippen LogP contribution in [0.25, 0.3) is 11.4 Å². The third kappa shape index (κ3) is 3.82. The predicted octanol–water partition coefficient (Wildman–Crippen LogP) is 4.10. The summed E-state index contributed by atoms with van der Waals surface area (Å²) in [5, 5.41) is 6.97. The van der Waals surface area contributed by atoms with Crippen molar-refractivity contribution in [2.45, 2.75) is 39.4 Å². The Kier molecular flexibility index (Phi) is 5.48. The van der Waals surface area contributed by atoms with Crippen molar-refractivity contribution in [3.63, 3.8) is 0 Å². The van der Waals surface area contributed by atoms with Crippen molar-refractivity contribution < 1.29 is 4.74 Å². The molecule has 0 fully saturated rings. The second-order valence-corrected chi connectivity index (χ2v) is 6.92. The van der Waals surface area contributed by atoms with Gasteiger partial charge in [0.2, 0.25) is 0 Å². The van der Waals surface area contributed by atoms with E-state index in [9.17, 15) is 0 Å². The van der Waals surface area contributed by atoms with E-state index in [1.807, 2.05) is 30.3 Å². The molecular formula is C22H25N5O. The number of para-hydroxylation sites is 1. The monoisotopic (exact) mass is 375 g/mol. The molecule has 0 unspecified atom stereocenters. The van der Waals surface area contributed by atoms with Crippen LogP contribution < -0.4 is 15.4 Å². The molecule has 0 amide bonds. The van der Waals surface area contributed by atoms with Crippen LogP contribution in [0.4, 0.5) is 5.82 Å². The van der Waals surface area contributed by atoms with Crippen molar-refractivity contribution in [1.29, 1.82) is 0 Å². The lowest BCUT2D eigenvalue weighted by Gasteiger charge is -2.20. The van der Waals surface area contributed by atoms with Gasteiger partial charge in [0.25, 0.3) is 0 Å². The van der Waals surface area contributed by atoms with Gasteiger partial charge in [-0.2, -0.15) is 0 Å². The highest BCUT2D eigenvalue weighted by Crippen LogP contribution is 2.31. The molecule has 1 aromatic carbocycles. The van der Waals surface area contributed by atoms with Crippen molar-refractivity contribution in [3.8, 4) is 17.1 Å². The summed E-state index contributed by atoms with van der Waals surface area (Å²) in [5.74, 6) is 2.48. The first-order valence-electron chi connectivity index (χ1n) is 9.75. The predicted molar refractivity (Wildman–Crippen MR) is 110 cm³/mol. The zero-order chi connectivity index (χ0) is 19.3. The van der Waals surface area contributed by atoms with E-state index in [0.717, 1.165) is 53.5 Å². The second kappa shape index (κ2) is 8.35. The summed E-state index contributed by atoms with van der Waals surface area (Å²) in [5.41, 5.74) is 4.21. The first kappa shape index (κ1) is 18.4. The van der Waals surface area contributed by atoms with Gasteiger partial charge in [-0.15, -0.1) is 0 Å². The van der Waals surface area contributed by atoms with Gasteiger partial charge in [-0.05, 0) is 31.5 Å². The molecule has 28 heavy (non-hydrogen) atoms. The Morgan fingerprint density at radius 3 is 2.86 bits per heavy atom. The van der Waals surface area contributed by atoms with Crippen molar-refractivity contribution in [3.05, 3.63) is 65.6 Å². The van der Waals surface area contributed by atoms with Crippen LogP contribution in [0.1, 0.15) is 43.1 Å². The number of fused-ring (bicyclic) bond motifs is 1. The van der Waals surface area contributed by atoms with Gasteiger partial charge in [-0.3, -0.25) is 4.98 Å². The normalized spacial score (nSPS) is 13.8. The van der Waals surface area contributed by atoms with Gasteiger partial charge in [0.05, 0.1) is 18.3 Å². The van der Waals surface area contributed by atoms with Crippen LogP contribution >= 0.6 is 0 Å². The van der Waals surface area contributed by atoms with E-state index >= 15 is 0 Å². The summed E-state index contributed by atoms with van der Waals surface area (Å²) in [6.45, 7) is 6.48. The number of benzene rings is 1. The van der Waals surface area contributed by atoms with Crippen molar-refractivity contribution in [2.24, 2.45) is 0 Å². The third-order valence-electron chi connectivity index (χ3n) is 4.81. The molecule has 1 aliphatic rings. The largest absolute Gasteiger partial charge is 0.493 e. The molecule has 4 rings (SSSR count). The van der Waals surface area contributed by atoms with Gasteiger partial charge in [-0.1, -0.05) is 25.1 Å². The van der Waals surface area contributed by atoms with E-state index in [4.69, 9.17) is 14.7 Å². The number of hydrogen-bond acceptors (Lipinski definition) is 6. The summed E-state index contributed by atoms with van der Waals surface area (Å²) in [6, 6.07) is 12.1. The van der Waals surface area contributed by atoms with E-state index in [1.54, 1.807) is 12.4 Å². The first-order chi connectivity index (χ1) is 13.8. The van der Waals surface area contributed by atoms with Gasteiger partial charge >= 0.3 is 0 Å². The average Bonchev–Trinajstić information content (AvgIpc) is 3.22. The van der Waals surface area contributed by atoms with E-state index < -0.39 is 0 Å². The average molecular weight is 375 g/mol. The van der Waals surface area contributed by atoms with Crippen LogP contribution in [-0.4, -0.2) is 21.6 Å². The lowest BCUT2D eigenvalue weighted by molar-refractivity contribution is 0.313.